The van der Waals surface area contributed by atoms with E-state index in [9.17, 15) is 14.4 Å². The number of hydrazine groups is 1. The van der Waals surface area contributed by atoms with E-state index in [1.807, 2.05) is 32.2 Å². The fourth-order valence-electron chi connectivity index (χ4n) is 4.21. The van der Waals surface area contributed by atoms with Crippen LogP contribution in [0.4, 0.5) is 0 Å². The normalized spacial score (nSPS) is 21.1. The molecule has 0 aliphatic carbocycles. The highest BCUT2D eigenvalue weighted by atomic mass is 32.1. The maximum absolute atomic E-state index is 12.9. The molecule has 1 aromatic carbocycles. The number of fused-ring (bicyclic) bond motifs is 1. The average molecular weight is 488 g/mol. The highest BCUT2D eigenvalue weighted by molar-refractivity contribution is 7.84. The third-order valence-electron chi connectivity index (χ3n) is 5.83. The fraction of sp³-hybridized carbons (Fsp3) is 0.480. The number of amides is 3. The molecule has 3 amide bonds. The molecular weight excluding hydrogens is 450 g/mol. The molecule has 0 spiro atoms. The number of carbonyl (C=O) groups excluding carboxylic acids is 3. The second-order valence-electron chi connectivity index (χ2n) is 8.33. The van der Waals surface area contributed by atoms with Crippen LogP contribution in [-0.4, -0.2) is 84.0 Å². The van der Waals surface area contributed by atoms with E-state index < -0.39 is 12.2 Å². The Morgan fingerprint density at radius 1 is 1.26 bits per heavy atom. The van der Waals surface area contributed by atoms with Crippen LogP contribution in [0.2, 0.25) is 0 Å². The van der Waals surface area contributed by atoms with Crippen LogP contribution in [0.1, 0.15) is 31.7 Å². The number of allylic oxidation sites excluding steroid dienone is 2. The number of hydrogen-bond donors (Lipinski definition) is 2. The lowest BCUT2D eigenvalue weighted by Crippen LogP contribution is -2.74. The van der Waals surface area contributed by atoms with E-state index in [2.05, 4.69) is 36.7 Å². The van der Waals surface area contributed by atoms with Gasteiger partial charge in [0.1, 0.15) is 12.2 Å². The Hall–Kier alpha value is -2.62. The first kappa shape index (κ1) is 27.6. The van der Waals surface area contributed by atoms with Crippen LogP contribution >= 0.6 is 12.6 Å². The van der Waals surface area contributed by atoms with Gasteiger partial charge in [0.2, 0.25) is 18.2 Å². The number of likely N-dealkylation sites (N-methyl/N-ethyl adjacent to an activating group) is 1. The second kappa shape index (κ2) is 13.9. The maximum Gasteiger partial charge on any atom is 0.245 e. The molecule has 1 unspecified atom stereocenters. The standard InChI is InChI=1S/C17H26N4O3S.C8H11N/c1-4-6-13(25)8-9-19-10-15-20(12-22)18(3)11-16(23)21(15)14(7-5-2)17(19)24;1-9-7-8-5-3-2-4-6-8/h4,6,12,14-15,25H,1,5,7-11H2,2-3H3;2-6,9H,7H2,1H3/b13-6-;/t14-,15?;/m0./s1. The van der Waals surface area contributed by atoms with Crippen molar-refractivity contribution in [1.29, 1.82) is 0 Å². The summed E-state index contributed by atoms with van der Waals surface area (Å²) < 4.78 is 0. The Morgan fingerprint density at radius 3 is 2.56 bits per heavy atom. The minimum absolute atomic E-state index is 0.0541. The molecule has 2 fully saturated rings. The zero-order chi connectivity index (χ0) is 25.1. The van der Waals surface area contributed by atoms with Crippen molar-refractivity contribution in [2.24, 2.45) is 0 Å². The molecule has 2 aliphatic rings. The number of benzene rings is 1. The largest absolute Gasteiger partial charge is 0.337 e. The molecule has 186 valence electrons. The first-order valence-electron chi connectivity index (χ1n) is 11.6. The summed E-state index contributed by atoms with van der Waals surface area (Å²) in [6.45, 7) is 7.49. The molecule has 0 aromatic heterocycles. The number of rotatable bonds is 9. The van der Waals surface area contributed by atoms with E-state index in [1.165, 1.54) is 10.6 Å². The van der Waals surface area contributed by atoms with E-state index in [1.54, 1.807) is 34.0 Å². The summed E-state index contributed by atoms with van der Waals surface area (Å²) in [5, 5.41) is 6.19. The lowest BCUT2D eigenvalue weighted by Gasteiger charge is -2.53. The fourth-order valence-corrected chi connectivity index (χ4v) is 4.41. The molecule has 34 heavy (non-hydrogen) atoms. The van der Waals surface area contributed by atoms with Crippen LogP contribution in [0.3, 0.4) is 0 Å². The summed E-state index contributed by atoms with van der Waals surface area (Å²) in [4.78, 5) is 41.1. The Bertz CT molecular complexity index is 863. The van der Waals surface area contributed by atoms with Crippen molar-refractivity contribution in [2.45, 2.75) is 44.9 Å². The number of carbonyl (C=O) groups is 3. The van der Waals surface area contributed by atoms with Crippen molar-refractivity contribution in [3.05, 3.63) is 59.5 Å². The van der Waals surface area contributed by atoms with Gasteiger partial charge in [0.05, 0.1) is 13.1 Å². The van der Waals surface area contributed by atoms with E-state index >= 15 is 0 Å². The Balaban J connectivity index is 0.000000379. The summed E-state index contributed by atoms with van der Waals surface area (Å²) in [5.41, 5.74) is 1.33. The molecule has 2 atom stereocenters. The summed E-state index contributed by atoms with van der Waals surface area (Å²) in [6, 6.07) is 9.82. The molecule has 0 saturated carbocycles. The summed E-state index contributed by atoms with van der Waals surface area (Å²) in [6.07, 6.45) is 5.70. The first-order valence-corrected chi connectivity index (χ1v) is 12.1. The van der Waals surface area contributed by atoms with Crippen molar-refractivity contribution >= 4 is 30.9 Å². The quantitative estimate of drug-likeness (QED) is 0.318. The Morgan fingerprint density at radius 2 is 1.97 bits per heavy atom. The van der Waals surface area contributed by atoms with Crippen LogP contribution in [0.25, 0.3) is 0 Å². The summed E-state index contributed by atoms with van der Waals surface area (Å²) >= 11 is 4.37. The molecule has 1 N–H and O–H groups in total. The van der Waals surface area contributed by atoms with Gasteiger partial charge in [-0.2, -0.15) is 0 Å². The van der Waals surface area contributed by atoms with Gasteiger partial charge < -0.3 is 15.1 Å². The van der Waals surface area contributed by atoms with E-state index in [-0.39, 0.29) is 18.4 Å². The molecule has 0 radical (unpaired) electrons. The zero-order valence-electron chi connectivity index (χ0n) is 20.4. The van der Waals surface area contributed by atoms with Crippen molar-refractivity contribution in [3.63, 3.8) is 0 Å². The van der Waals surface area contributed by atoms with Gasteiger partial charge in [-0.15, -0.1) is 12.6 Å². The van der Waals surface area contributed by atoms with Crippen LogP contribution in [-0.2, 0) is 20.9 Å². The lowest BCUT2D eigenvalue weighted by atomic mass is 10.0. The van der Waals surface area contributed by atoms with Crippen LogP contribution < -0.4 is 5.32 Å². The SMILES string of the molecule is C=C/C=C(\S)CCN1CC2N(C(=O)CN(C)N2C=O)[C@@H](CCC)C1=O.CNCc1ccccc1. The zero-order valence-corrected chi connectivity index (χ0v) is 21.3. The third kappa shape index (κ3) is 7.19. The van der Waals surface area contributed by atoms with Crippen molar-refractivity contribution in [1.82, 2.24) is 25.1 Å². The van der Waals surface area contributed by atoms with Gasteiger partial charge in [0.15, 0.2) is 0 Å². The first-order chi connectivity index (χ1) is 16.4. The van der Waals surface area contributed by atoms with Gasteiger partial charge in [-0.25, -0.2) is 5.01 Å². The highest BCUT2D eigenvalue weighted by Crippen LogP contribution is 2.27. The summed E-state index contributed by atoms with van der Waals surface area (Å²) in [5.74, 6) is -0.167. The van der Waals surface area contributed by atoms with Crippen molar-refractivity contribution in [2.75, 3.05) is 33.7 Å². The molecule has 2 saturated heterocycles. The smallest absolute Gasteiger partial charge is 0.245 e. The van der Waals surface area contributed by atoms with Crippen LogP contribution in [0.15, 0.2) is 54.0 Å². The number of thiol groups is 1. The Labute approximate surface area is 208 Å². The van der Waals surface area contributed by atoms with Crippen molar-refractivity contribution < 1.29 is 14.4 Å². The monoisotopic (exact) mass is 487 g/mol. The van der Waals surface area contributed by atoms with E-state index in [0.717, 1.165) is 24.3 Å². The molecule has 0 bridgehead atoms. The van der Waals surface area contributed by atoms with Crippen LogP contribution in [0.5, 0.6) is 0 Å². The number of nitrogens with one attached hydrogen (secondary N) is 1. The lowest BCUT2D eigenvalue weighted by molar-refractivity contribution is -0.196. The van der Waals surface area contributed by atoms with Gasteiger partial charge >= 0.3 is 0 Å². The molecule has 1 aromatic rings. The minimum Gasteiger partial charge on any atom is -0.337 e. The molecule has 2 aliphatic heterocycles. The number of piperazine rings is 1. The molecular formula is C25H37N5O3S. The van der Waals surface area contributed by atoms with Gasteiger partial charge in [0.25, 0.3) is 0 Å². The van der Waals surface area contributed by atoms with Gasteiger partial charge in [0, 0.05) is 20.1 Å². The maximum atomic E-state index is 12.9. The predicted octanol–water partition coefficient (Wildman–Crippen LogP) is 2.27. The number of nitrogens with zero attached hydrogens (tertiary/aromatic N) is 4. The predicted molar refractivity (Wildman–Crippen MR) is 138 cm³/mol. The van der Waals surface area contributed by atoms with Crippen molar-refractivity contribution in [3.8, 4) is 0 Å². The molecule has 8 nitrogen and oxygen atoms in total. The summed E-state index contributed by atoms with van der Waals surface area (Å²) in [7, 11) is 3.66. The Kier molecular flexibility index (Phi) is 11.3. The number of hydrogen-bond acceptors (Lipinski definition) is 6. The van der Waals surface area contributed by atoms with E-state index in [0.29, 0.717) is 25.9 Å². The van der Waals surface area contributed by atoms with E-state index in [4.69, 9.17) is 0 Å². The average Bonchev–Trinajstić information content (AvgIpc) is 2.81. The van der Waals surface area contributed by atoms with Gasteiger partial charge in [-0.05, 0) is 30.4 Å². The molecule has 3 rings (SSSR count). The highest BCUT2D eigenvalue weighted by Gasteiger charge is 2.48. The molecule has 9 heteroatoms. The third-order valence-corrected chi connectivity index (χ3v) is 6.20. The van der Waals surface area contributed by atoms with Crippen LogP contribution in [0, 0.1) is 0 Å². The van der Waals surface area contributed by atoms with Gasteiger partial charge in [-0.1, -0.05) is 62.4 Å². The molecule has 2 heterocycles. The topological polar surface area (TPSA) is 76.2 Å². The second-order valence-corrected chi connectivity index (χ2v) is 8.91. The minimum atomic E-state index is -0.515. The van der Waals surface area contributed by atoms with Gasteiger partial charge in [-0.3, -0.25) is 19.4 Å².